The number of nitrogens with one attached hydrogen (secondary N) is 1. The van der Waals surface area contributed by atoms with E-state index in [0.29, 0.717) is 46.7 Å². The quantitative estimate of drug-likeness (QED) is 0.636. The molecule has 0 unspecified atom stereocenters. The molecule has 0 heterocycles. The largest absolute Gasteiger partial charge is 0.490 e. The van der Waals surface area contributed by atoms with Crippen LogP contribution in [0.1, 0.15) is 36.2 Å². The number of halogens is 2. The third-order valence-corrected chi connectivity index (χ3v) is 3.81. The summed E-state index contributed by atoms with van der Waals surface area (Å²) in [6, 6.07) is 8.57. The fourth-order valence-electron chi connectivity index (χ4n) is 2.27. The number of nitrogen functional groups attached to an aromatic ring is 1. The van der Waals surface area contributed by atoms with Gasteiger partial charge in [0.05, 0.1) is 18.2 Å². The van der Waals surface area contributed by atoms with Crippen LogP contribution in [-0.2, 0) is 0 Å². The van der Waals surface area contributed by atoms with Crippen molar-refractivity contribution in [2.75, 3.05) is 24.3 Å². The molecule has 0 bridgehead atoms. The maximum absolute atomic E-state index is 12.6. The SMILES string of the molecule is CCCOc1c(Cl)cc(C(=O)Nc2cc(N)ccc2C)cc1OCC.Cl. The lowest BCUT2D eigenvalue weighted by atomic mass is 10.1. The van der Waals surface area contributed by atoms with Gasteiger partial charge in [-0.25, -0.2) is 0 Å². The number of hydrogen-bond acceptors (Lipinski definition) is 4. The van der Waals surface area contributed by atoms with Crippen LogP contribution in [0.5, 0.6) is 11.5 Å². The van der Waals surface area contributed by atoms with Crippen LogP contribution in [0.25, 0.3) is 0 Å². The molecule has 0 aromatic heterocycles. The Morgan fingerprint density at radius 3 is 2.58 bits per heavy atom. The fraction of sp³-hybridized carbons (Fsp3) is 0.316. The second-order valence-corrected chi connectivity index (χ2v) is 6.00. The summed E-state index contributed by atoms with van der Waals surface area (Å²) in [5, 5.41) is 3.19. The van der Waals surface area contributed by atoms with Crippen LogP contribution in [-0.4, -0.2) is 19.1 Å². The number of rotatable bonds is 7. The number of ether oxygens (including phenoxy) is 2. The topological polar surface area (TPSA) is 73.6 Å². The highest BCUT2D eigenvalue weighted by Gasteiger charge is 2.17. The zero-order valence-electron chi connectivity index (χ0n) is 15.1. The summed E-state index contributed by atoms with van der Waals surface area (Å²) in [6.07, 6.45) is 0.846. The molecule has 0 aliphatic carbocycles. The van der Waals surface area contributed by atoms with Crippen molar-refractivity contribution in [3.05, 3.63) is 46.5 Å². The summed E-state index contributed by atoms with van der Waals surface area (Å²) in [7, 11) is 0. The number of hydrogen-bond donors (Lipinski definition) is 2. The van der Waals surface area contributed by atoms with Gasteiger partial charge in [-0.2, -0.15) is 0 Å². The number of carbonyl (C=O) groups is 1. The average molecular weight is 399 g/mol. The molecule has 0 spiro atoms. The number of amides is 1. The van der Waals surface area contributed by atoms with Gasteiger partial charge in [-0.3, -0.25) is 4.79 Å². The van der Waals surface area contributed by atoms with Gasteiger partial charge in [0.15, 0.2) is 11.5 Å². The van der Waals surface area contributed by atoms with E-state index in [1.165, 1.54) is 0 Å². The molecule has 0 saturated heterocycles. The number of benzene rings is 2. The highest BCUT2D eigenvalue weighted by atomic mass is 35.5. The van der Waals surface area contributed by atoms with Crippen LogP contribution >= 0.6 is 24.0 Å². The van der Waals surface area contributed by atoms with E-state index in [1.807, 2.05) is 26.8 Å². The maximum Gasteiger partial charge on any atom is 0.255 e. The van der Waals surface area contributed by atoms with Crippen LogP contribution in [0.4, 0.5) is 11.4 Å². The highest BCUT2D eigenvalue weighted by Crippen LogP contribution is 2.37. The van der Waals surface area contributed by atoms with E-state index >= 15 is 0 Å². The van der Waals surface area contributed by atoms with E-state index in [0.717, 1.165) is 12.0 Å². The Labute approximate surface area is 165 Å². The molecule has 7 heteroatoms. The first-order valence-electron chi connectivity index (χ1n) is 8.22. The van der Waals surface area contributed by atoms with Crippen molar-refractivity contribution >= 4 is 41.3 Å². The molecule has 0 radical (unpaired) electrons. The molecule has 142 valence electrons. The lowest BCUT2D eigenvalue weighted by Gasteiger charge is -2.15. The summed E-state index contributed by atoms with van der Waals surface area (Å²) in [4.78, 5) is 12.6. The Hall–Kier alpha value is -2.11. The molecule has 2 aromatic carbocycles. The molecule has 2 aromatic rings. The molecule has 2 rings (SSSR count). The van der Waals surface area contributed by atoms with Crippen molar-refractivity contribution in [3.8, 4) is 11.5 Å². The smallest absolute Gasteiger partial charge is 0.255 e. The van der Waals surface area contributed by atoms with Crippen molar-refractivity contribution in [2.24, 2.45) is 0 Å². The van der Waals surface area contributed by atoms with E-state index in [4.69, 9.17) is 26.8 Å². The Bertz CT molecular complexity index is 767. The third-order valence-electron chi connectivity index (χ3n) is 3.53. The molecule has 0 atom stereocenters. The maximum atomic E-state index is 12.6. The van der Waals surface area contributed by atoms with Crippen LogP contribution in [0.2, 0.25) is 5.02 Å². The van der Waals surface area contributed by atoms with E-state index in [-0.39, 0.29) is 18.3 Å². The lowest BCUT2D eigenvalue weighted by molar-refractivity contribution is 0.102. The van der Waals surface area contributed by atoms with E-state index in [1.54, 1.807) is 24.3 Å². The van der Waals surface area contributed by atoms with Crippen molar-refractivity contribution < 1.29 is 14.3 Å². The number of aryl methyl sites for hydroxylation is 1. The van der Waals surface area contributed by atoms with Crippen LogP contribution in [0.3, 0.4) is 0 Å². The lowest BCUT2D eigenvalue weighted by Crippen LogP contribution is -2.14. The average Bonchev–Trinajstić information content (AvgIpc) is 2.57. The van der Waals surface area contributed by atoms with Gasteiger partial charge in [0.25, 0.3) is 5.91 Å². The van der Waals surface area contributed by atoms with Crippen molar-refractivity contribution in [3.63, 3.8) is 0 Å². The van der Waals surface area contributed by atoms with Crippen molar-refractivity contribution in [1.29, 1.82) is 0 Å². The summed E-state index contributed by atoms with van der Waals surface area (Å²) >= 11 is 6.30. The van der Waals surface area contributed by atoms with Crippen molar-refractivity contribution in [1.82, 2.24) is 0 Å². The van der Waals surface area contributed by atoms with Gasteiger partial charge in [0.2, 0.25) is 0 Å². The van der Waals surface area contributed by atoms with E-state index in [9.17, 15) is 4.79 Å². The van der Waals surface area contributed by atoms with Gasteiger partial charge in [0.1, 0.15) is 0 Å². The first kappa shape index (κ1) is 21.9. The fourth-order valence-corrected chi connectivity index (χ4v) is 2.54. The third kappa shape index (κ3) is 5.44. The molecule has 26 heavy (non-hydrogen) atoms. The number of nitrogens with two attached hydrogens (primary N) is 1. The molecular weight excluding hydrogens is 375 g/mol. The Balaban J connectivity index is 0.00000338. The summed E-state index contributed by atoms with van der Waals surface area (Å²) in [6.45, 7) is 6.73. The molecular formula is C19H24Cl2N2O3. The van der Waals surface area contributed by atoms with Crippen LogP contribution in [0, 0.1) is 6.92 Å². The number of anilines is 2. The molecule has 0 aliphatic heterocycles. The van der Waals surface area contributed by atoms with Crippen LogP contribution < -0.4 is 20.5 Å². The van der Waals surface area contributed by atoms with Gasteiger partial charge in [0, 0.05) is 16.9 Å². The summed E-state index contributed by atoms with van der Waals surface area (Å²) < 4.78 is 11.2. The minimum atomic E-state index is -0.293. The standard InChI is InChI=1S/C19H23ClN2O3.ClH/c1-4-8-25-18-15(20)9-13(10-17(18)24-5-2)19(23)22-16-11-14(21)7-6-12(16)3;/h6-7,9-11H,4-5,8,21H2,1-3H3,(H,22,23);1H. The van der Waals surface area contributed by atoms with Gasteiger partial charge >= 0.3 is 0 Å². The van der Waals surface area contributed by atoms with E-state index < -0.39 is 0 Å². The summed E-state index contributed by atoms with van der Waals surface area (Å²) in [5.41, 5.74) is 8.33. The predicted octanol–water partition coefficient (Wildman–Crippen LogP) is 5.09. The molecule has 1 amide bonds. The van der Waals surface area contributed by atoms with Gasteiger partial charge in [-0.1, -0.05) is 24.6 Å². The van der Waals surface area contributed by atoms with E-state index in [2.05, 4.69) is 5.32 Å². The van der Waals surface area contributed by atoms with Crippen molar-refractivity contribution in [2.45, 2.75) is 27.2 Å². The normalized spacial score (nSPS) is 10.0. The Morgan fingerprint density at radius 1 is 1.19 bits per heavy atom. The monoisotopic (exact) mass is 398 g/mol. The second kappa shape index (κ2) is 10.1. The van der Waals surface area contributed by atoms with Crippen LogP contribution in [0.15, 0.2) is 30.3 Å². The molecule has 3 N–H and O–H groups in total. The zero-order chi connectivity index (χ0) is 18.4. The molecule has 5 nitrogen and oxygen atoms in total. The molecule has 0 fully saturated rings. The van der Waals surface area contributed by atoms with Gasteiger partial charge in [-0.15, -0.1) is 12.4 Å². The highest BCUT2D eigenvalue weighted by molar-refractivity contribution is 6.32. The first-order chi connectivity index (χ1) is 12.0. The Morgan fingerprint density at radius 2 is 1.92 bits per heavy atom. The molecule has 0 aliphatic rings. The predicted molar refractivity (Wildman–Crippen MR) is 109 cm³/mol. The first-order valence-corrected chi connectivity index (χ1v) is 8.60. The number of carbonyl (C=O) groups excluding carboxylic acids is 1. The second-order valence-electron chi connectivity index (χ2n) is 5.60. The molecule has 0 saturated carbocycles. The Kier molecular flexibility index (Phi) is 8.55. The van der Waals surface area contributed by atoms with Gasteiger partial charge < -0.3 is 20.5 Å². The summed E-state index contributed by atoms with van der Waals surface area (Å²) in [5.74, 6) is 0.624. The zero-order valence-corrected chi connectivity index (χ0v) is 16.7. The minimum Gasteiger partial charge on any atom is -0.490 e. The minimum absolute atomic E-state index is 0. The van der Waals surface area contributed by atoms with Gasteiger partial charge in [-0.05, 0) is 50.1 Å².